The number of carbonyl (C=O) groups excluding carboxylic acids is 1. The maximum Gasteiger partial charge on any atom is 0.356 e. The molecule has 0 spiro atoms. The van der Waals surface area contributed by atoms with E-state index in [0.29, 0.717) is 27.5 Å². The molecule has 0 aliphatic rings. The Kier molecular flexibility index (Phi) is 14.8. The van der Waals surface area contributed by atoms with Crippen LogP contribution in [0.5, 0.6) is 0 Å². The number of aromatic amines is 1. The van der Waals surface area contributed by atoms with Gasteiger partial charge in [0.05, 0.1) is 29.9 Å². The van der Waals surface area contributed by atoms with Gasteiger partial charge in [0.25, 0.3) is 11.1 Å². The summed E-state index contributed by atoms with van der Waals surface area (Å²) in [6.45, 7) is 6.70. The predicted molar refractivity (Wildman–Crippen MR) is 191 cm³/mol. The molecule has 0 aromatic carbocycles. The number of pyridine rings is 5. The van der Waals surface area contributed by atoms with Gasteiger partial charge in [0, 0.05) is 12.4 Å². The van der Waals surface area contributed by atoms with E-state index in [1.807, 2.05) is 12.1 Å². The van der Waals surface area contributed by atoms with Crippen molar-refractivity contribution in [1.82, 2.24) is 24.5 Å². The number of H-pyrrole nitrogens is 1. The highest BCUT2D eigenvalue weighted by atomic mass is 79.9. The summed E-state index contributed by atoms with van der Waals surface area (Å²) in [4.78, 5) is 47.9. The Bertz CT molecular complexity index is 1920. The number of methoxy groups -OCH3 is 1. The second kappa shape index (κ2) is 18.0. The van der Waals surface area contributed by atoms with E-state index < -0.39 is 17.2 Å². The maximum absolute atomic E-state index is 11.9. The van der Waals surface area contributed by atoms with E-state index in [2.05, 4.69) is 56.5 Å². The molecular weight excluding hydrogens is 750 g/mol. The van der Waals surface area contributed by atoms with Crippen LogP contribution in [0.25, 0.3) is 5.82 Å². The summed E-state index contributed by atoms with van der Waals surface area (Å²) in [7, 11) is 1.32. The number of rotatable bonds is 4. The number of aliphatic hydroxyl groups is 2. The molecule has 254 valence electrons. The number of hydrogen-bond donors (Lipinski definition) is 5. The van der Waals surface area contributed by atoms with Gasteiger partial charge < -0.3 is 31.4 Å². The predicted octanol–water partition coefficient (Wildman–Crippen LogP) is 4.70. The van der Waals surface area contributed by atoms with Crippen LogP contribution in [0.3, 0.4) is 0 Å². The summed E-state index contributed by atoms with van der Waals surface area (Å²) >= 11 is 6.37. The van der Waals surface area contributed by atoms with Crippen molar-refractivity contribution in [2.75, 3.05) is 18.6 Å². The summed E-state index contributed by atoms with van der Waals surface area (Å²) in [5, 5.41) is 19.4. The zero-order valence-electron chi connectivity index (χ0n) is 26.9. The minimum absolute atomic E-state index is 0.160. The fourth-order valence-electron chi connectivity index (χ4n) is 3.40. The van der Waals surface area contributed by atoms with Crippen molar-refractivity contribution >= 4 is 49.2 Å². The molecule has 5 heterocycles. The lowest BCUT2D eigenvalue weighted by molar-refractivity contribution is 0.0593. The summed E-state index contributed by atoms with van der Waals surface area (Å²) < 4.78 is 7.19. The number of nitrogen functional groups attached to an aromatic ring is 2. The first kappa shape index (κ1) is 39.5. The van der Waals surface area contributed by atoms with E-state index in [1.165, 1.54) is 11.7 Å². The van der Waals surface area contributed by atoms with Gasteiger partial charge in [0.1, 0.15) is 31.9 Å². The quantitative estimate of drug-likeness (QED) is 0.124. The van der Waals surface area contributed by atoms with E-state index in [4.69, 9.17) is 11.5 Å². The molecule has 7 N–H and O–H groups in total. The van der Waals surface area contributed by atoms with E-state index >= 15 is 0 Å². The normalized spacial score (nSPS) is 10.6. The van der Waals surface area contributed by atoms with Gasteiger partial charge in [0.2, 0.25) is 0 Å². The molecule has 0 bridgehead atoms. The van der Waals surface area contributed by atoms with Gasteiger partial charge in [-0.3, -0.25) is 14.2 Å². The van der Waals surface area contributed by atoms with Crippen LogP contribution in [0.2, 0.25) is 0 Å². The molecule has 0 saturated heterocycles. The van der Waals surface area contributed by atoms with Crippen molar-refractivity contribution in [3.63, 3.8) is 0 Å². The Hall–Kier alpha value is -4.70. The maximum atomic E-state index is 11.9. The number of ether oxygens (including phenoxy) is 1. The molecule has 5 aromatic rings. The van der Waals surface area contributed by atoms with Crippen molar-refractivity contribution in [2.45, 2.75) is 38.9 Å². The zero-order valence-corrected chi connectivity index (χ0v) is 30.1. The number of aromatic nitrogens is 5. The second-order valence-electron chi connectivity index (χ2n) is 10.8. The van der Waals surface area contributed by atoms with Crippen LogP contribution in [0.4, 0.5) is 11.4 Å². The Morgan fingerprint density at radius 1 is 0.771 bits per heavy atom. The third-order valence-electron chi connectivity index (χ3n) is 5.88. The minimum atomic E-state index is -1.06. The molecule has 15 heteroatoms. The number of anilines is 2. The van der Waals surface area contributed by atoms with Gasteiger partial charge in [0.15, 0.2) is 0 Å². The number of carbonyl (C=O) groups is 1. The largest absolute Gasteiger partial charge is 0.464 e. The number of nitrogens with zero attached hydrogens (tertiary/aromatic N) is 4. The van der Waals surface area contributed by atoms with Crippen molar-refractivity contribution in [2.24, 2.45) is 0 Å². The molecule has 0 fully saturated rings. The molecular formula is C33H37Br2N7O6. The zero-order chi connectivity index (χ0) is 36.1. The third-order valence-corrected chi connectivity index (χ3v) is 6.77. The van der Waals surface area contributed by atoms with Crippen LogP contribution in [0, 0.1) is 0 Å². The van der Waals surface area contributed by atoms with Crippen LogP contribution < -0.4 is 22.6 Å². The minimum Gasteiger partial charge on any atom is -0.464 e. The lowest BCUT2D eigenvalue weighted by Crippen LogP contribution is -2.23. The SMILES string of the molecule is CC(C)(O)c1cccc(-n2cccc(N)c2=O)n1.CC(C)(O)c1cccc(Br)n1.COC(=O)c1cccc(Br)n1.Nc1ccc[nH]c1=O. The number of nitrogens with one attached hydrogen (secondary N) is 1. The molecule has 0 atom stereocenters. The second-order valence-corrected chi connectivity index (χ2v) is 12.4. The summed E-state index contributed by atoms with van der Waals surface area (Å²) in [5.74, 6) is 0.0122. The van der Waals surface area contributed by atoms with E-state index in [0.717, 1.165) is 4.60 Å². The summed E-state index contributed by atoms with van der Waals surface area (Å²) in [6, 6.07) is 22.1. The standard InChI is InChI=1S/C13H15N3O2.C8H10BrNO.C7H6BrNO2.C5H6N2O/c1-13(2,18)10-6-3-7-11(15-10)16-8-4-5-9(14)12(16)17;1-8(2,11)6-4-3-5-7(9)10-6;1-11-7(10)5-3-2-4-6(8)9-5;6-4-2-1-3-7-5(4)8/h3-8,18H,14H2,1-2H3;3-5,11H,1-2H3;2-4H,1H3;1-3H,6H2,(H,7,8). The Morgan fingerprint density at radius 3 is 1.79 bits per heavy atom. The highest BCUT2D eigenvalue weighted by molar-refractivity contribution is 9.10. The average Bonchev–Trinajstić information content (AvgIpc) is 3.03. The molecule has 48 heavy (non-hydrogen) atoms. The molecule has 0 amide bonds. The van der Waals surface area contributed by atoms with Gasteiger partial charge in [-0.2, -0.15) is 0 Å². The van der Waals surface area contributed by atoms with E-state index in [9.17, 15) is 24.6 Å². The number of halogens is 2. The van der Waals surface area contributed by atoms with Crippen molar-refractivity contribution in [3.05, 3.63) is 138 Å². The van der Waals surface area contributed by atoms with Gasteiger partial charge >= 0.3 is 5.97 Å². The van der Waals surface area contributed by atoms with Gasteiger partial charge in [-0.25, -0.2) is 19.7 Å². The van der Waals surface area contributed by atoms with Crippen molar-refractivity contribution in [3.8, 4) is 5.82 Å². The molecule has 5 aromatic heterocycles. The Balaban J connectivity index is 0.000000233. The first-order valence-corrected chi connectivity index (χ1v) is 15.7. The summed E-state index contributed by atoms with van der Waals surface area (Å²) in [6.07, 6.45) is 3.13. The Labute approximate surface area is 294 Å². The van der Waals surface area contributed by atoms with Crippen LogP contribution in [0.1, 0.15) is 49.6 Å². The smallest absolute Gasteiger partial charge is 0.356 e. The first-order valence-electron chi connectivity index (χ1n) is 14.1. The van der Waals surface area contributed by atoms with Crippen LogP contribution in [0.15, 0.2) is 110 Å². The van der Waals surface area contributed by atoms with E-state index in [-0.39, 0.29) is 22.5 Å². The highest BCUT2D eigenvalue weighted by Crippen LogP contribution is 2.19. The molecule has 13 nitrogen and oxygen atoms in total. The van der Waals surface area contributed by atoms with Gasteiger partial charge in [-0.05, 0) is 120 Å². The number of nitrogens with two attached hydrogens (primary N) is 2. The molecule has 0 aliphatic heterocycles. The molecule has 5 rings (SSSR count). The van der Waals surface area contributed by atoms with E-state index in [1.54, 1.807) is 107 Å². The van der Waals surface area contributed by atoms with Gasteiger partial charge in [-0.1, -0.05) is 18.2 Å². The lowest BCUT2D eigenvalue weighted by atomic mass is 10.1. The summed E-state index contributed by atoms with van der Waals surface area (Å²) in [5.41, 5.74) is 10.2. The molecule has 0 unspecified atom stereocenters. The topological polar surface area (TPSA) is 212 Å². The molecule has 0 aliphatic carbocycles. The molecule has 0 saturated carbocycles. The average molecular weight is 788 g/mol. The fourth-order valence-corrected chi connectivity index (χ4v) is 4.09. The highest BCUT2D eigenvalue weighted by Gasteiger charge is 2.18. The number of hydrogen-bond acceptors (Lipinski definition) is 11. The third kappa shape index (κ3) is 12.8. The first-order chi connectivity index (χ1) is 22.4. The number of esters is 1. The monoisotopic (exact) mass is 785 g/mol. The van der Waals surface area contributed by atoms with Crippen LogP contribution in [-0.2, 0) is 15.9 Å². The fraction of sp³-hybridized carbons (Fsp3) is 0.212. The Morgan fingerprint density at radius 2 is 1.31 bits per heavy atom. The van der Waals surface area contributed by atoms with Crippen LogP contribution in [-0.4, -0.2) is 47.8 Å². The van der Waals surface area contributed by atoms with Crippen molar-refractivity contribution < 1.29 is 19.7 Å². The lowest BCUT2D eigenvalue weighted by Gasteiger charge is -2.17. The van der Waals surface area contributed by atoms with Crippen molar-refractivity contribution in [1.29, 1.82) is 0 Å². The van der Waals surface area contributed by atoms with Crippen LogP contribution >= 0.6 is 31.9 Å². The van der Waals surface area contributed by atoms with Gasteiger partial charge in [-0.15, -0.1) is 0 Å². The molecule has 0 radical (unpaired) electrons.